The van der Waals surface area contributed by atoms with Crippen molar-refractivity contribution in [2.75, 3.05) is 6.54 Å². The van der Waals surface area contributed by atoms with Crippen molar-refractivity contribution in [2.24, 2.45) is 0 Å². The summed E-state index contributed by atoms with van der Waals surface area (Å²) < 4.78 is 0. The number of benzene rings is 1. The monoisotopic (exact) mass is 350 g/mol. The van der Waals surface area contributed by atoms with Crippen LogP contribution in [0.4, 0.5) is 0 Å². The van der Waals surface area contributed by atoms with Crippen LogP contribution in [0.25, 0.3) is 0 Å². The molecule has 0 bridgehead atoms. The molecule has 1 saturated heterocycles. The number of piperidine rings is 1. The molecule has 1 fully saturated rings. The molecule has 21 heavy (non-hydrogen) atoms. The number of hydrogen-bond donors (Lipinski definition) is 2. The fraction of sp³-hybridized carbons (Fsp3) is 0.533. The molecule has 0 spiro atoms. The second-order valence-corrected chi connectivity index (χ2v) is 6.14. The molecule has 2 N–H and O–H groups in total. The summed E-state index contributed by atoms with van der Waals surface area (Å²) in [5, 5.41) is 7.71. The van der Waals surface area contributed by atoms with Crippen LogP contribution in [0, 0.1) is 0 Å². The average Bonchev–Trinajstić information content (AvgIpc) is 2.40. The highest BCUT2D eigenvalue weighted by Crippen LogP contribution is 2.22. The Morgan fingerprint density at radius 1 is 1.43 bits per heavy atom. The summed E-state index contributed by atoms with van der Waals surface area (Å²) in [4.78, 5) is 12.0. The number of rotatable bonds is 4. The second kappa shape index (κ2) is 8.84. The van der Waals surface area contributed by atoms with Gasteiger partial charge in [0.1, 0.15) is 0 Å². The standard InChI is InChI=1S/C15H20Cl2N2O.ClH/c1-10-14(3-2-8-18-10)19-15(20)7-5-11-4-6-12(16)9-13(11)17;/h4,6,9-10,14,18H,2-3,5,7-8H2,1H3,(H,19,20);1H. The van der Waals surface area contributed by atoms with E-state index in [9.17, 15) is 4.79 Å². The summed E-state index contributed by atoms with van der Waals surface area (Å²) in [6.07, 6.45) is 3.24. The summed E-state index contributed by atoms with van der Waals surface area (Å²) in [7, 11) is 0. The van der Waals surface area contributed by atoms with Crippen LogP contribution in [-0.4, -0.2) is 24.5 Å². The highest BCUT2D eigenvalue weighted by Gasteiger charge is 2.22. The van der Waals surface area contributed by atoms with E-state index < -0.39 is 0 Å². The molecule has 1 aliphatic heterocycles. The first-order valence-electron chi connectivity index (χ1n) is 7.03. The number of aryl methyl sites for hydroxylation is 1. The smallest absolute Gasteiger partial charge is 0.220 e. The van der Waals surface area contributed by atoms with Crippen molar-refractivity contribution in [1.82, 2.24) is 10.6 Å². The number of nitrogens with one attached hydrogen (secondary N) is 2. The van der Waals surface area contributed by atoms with Crippen LogP contribution in [0.1, 0.15) is 31.7 Å². The Labute approximate surface area is 142 Å². The van der Waals surface area contributed by atoms with E-state index in [1.807, 2.05) is 6.07 Å². The van der Waals surface area contributed by atoms with Gasteiger partial charge in [0, 0.05) is 28.5 Å². The average molecular weight is 352 g/mol. The third-order valence-corrected chi connectivity index (χ3v) is 4.33. The Balaban J connectivity index is 0.00000220. The minimum atomic E-state index is 0. The van der Waals surface area contributed by atoms with Gasteiger partial charge in [0.2, 0.25) is 5.91 Å². The molecule has 0 saturated carbocycles. The summed E-state index contributed by atoms with van der Waals surface area (Å²) in [5.41, 5.74) is 0.959. The van der Waals surface area contributed by atoms with Gasteiger partial charge in [-0.1, -0.05) is 29.3 Å². The van der Waals surface area contributed by atoms with Crippen molar-refractivity contribution in [1.29, 1.82) is 0 Å². The SMILES string of the molecule is CC1NCCCC1NC(=O)CCc1ccc(Cl)cc1Cl.Cl. The maximum absolute atomic E-state index is 12.0. The zero-order valence-electron chi connectivity index (χ0n) is 12.0. The van der Waals surface area contributed by atoms with Crippen LogP contribution < -0.4 is 10.6 Å². The lowest BCUT2D eigenvalue weighted by atomic mass is 9.99. The van der Waals surface area contributed by atoms with Crippen molar-refractivity contribution in [3.63, 3.8) is 0 Å². The van der Waals surface area contributed by atoms with E-state index in [2.05, 4.69) is 17.6 Å². The van der Waals surface area contributed by atoms with Crippen LogP contribution in [0.3, 0.4) is 0 Å². The first kappa shape index (κ1) is 18.6. The highest BCUT2D eigenvalue weighted by molar-refractivity contribution is 6.35. The largest absolute Gasteiger partial charge is 0.352 e. The van der Waals surface area contributed by atoms with Gasteiger partial charge in [-0.3, -0.25) is 4.79 Å². The van der Waals surface area contributed by atoms with Crippen LogP contribution in [-0.2, 0) is 11.2 Å². The van der Waals surface area contributed by atoms with E-state index in [4.69, 9.17) is 23.2 Å². The summed E-state index contributed by atoms with van der Waals surface area (Å²) in [5.74, 6) is 0.0802. The molecule has 1 aromatic carbocycles. The van der Waals surface area contributed by atoms with E-state index in [1.54, 1.807) is 12.1 Å². The van der Waals surface area contributed by atoms with Crippen LogP contribution in [0.2, 0.25) is 10.0 Å². The zero-order valence-corrected chi connectivity index (χ0v) is 14.3. The van der Waals surface area contributed by atoms with E-state index in [0.29, 0.717) is 28.9 Å². The quantitative estimate of drug-likeness (QED) is 0.870. The van der Waals surface area contributed by atoms with Crippen molar-refractivity contribution >= 4 is 41.5 Å². The molecule has 118 valence electrons. The lowest BCUT2D eigenvalue weighted by Crippen LogP contribution is -2.51. The molecule has 3 nitrogen and oxygen atoms in total. The molecule has 2 atom stereocenters. The summed E-state index contributed by atoms with van der Waals surface area (Å²) in [6.45, 7) is 3.15. The van der Waals surface area contributed by atoms with Gasteiger partial charge in [0.05, 0.1) is 0 Å². The summed E-state index contributed by atoms with van der Waals surface area (Å²) >= 11 is 12.0. The molecular weight excluding hydrogens is 331 g/mol. The van der Waals surface area contributed by atoms with Crippen molar-refractivity contribution < 1.29 is 4.79 Å². The maximum Gasteiger partial charge on any atom is 0.220 e. The molecule has 1 aromatic rings. The fourth-order valence-corrected chi connectivity index (χ4v) is 3.00. The van der Waals surface area contributed by atoms with Gasteiger partial charge in [0.25, 0.3) is 0 Å². The van der Waals surface area contributed by atoms with Gasteiger partial charge < -0.3 is 10.6 Å². The highest BCUT2D eigenvalue weighted by atomic mass is 35.5. The predicted octanol–water partition coefficient (Wildman–Crippen LogP) is 3.60. The topological polar surface area (TPSA) is 41.1 Å². The van der Waals surface area contributed by atoms with E-state index in [1.165, 1.54) is 0 Å². The third-order valence-electron chi connectivity index (χ3n) is 3.74. The Kier molecular flexibility index (Phi) is 7.82. The number of carbonyl (C=O) groups excluding carboxylic acids is 1. The van der Waals surface area contributed by atoms with E-state index in [-0.39, 0.29) is 24.4 Å². The predicted molar refractivity (Wildman–Crippen MR) is 90.7 cm³/mol. The molecule has 0 aliphatic carbocycles. The zero-order chi connectivity index (χ0) is 14.5. The molecule has 1 heterocycles. The van der Waals surface area contributed by atoms with Gasteiger partial charge in [-0.2, -0.15) is 0 Å². The van der Waals surface area contributed by atoms with Crippen LogP contribution >= 0.6 is 35.6 Å². The van der Waals surface area contributed by atoms with E-state index >= 15 is 0 Å². The van der Waals surface area contributed by atoms with E-state index in [0.717, 1.165) is 24.9 Å². The molecule has 1 aliphatic rings. The van der Waals surface area contributed by atoms with Crippen LogP contribution in [0.15, 0.2) is 18.2 Å². The van der Waals surface area contributed by atoms with Gasteiger partial charge in [-0.25, -0.2) is 0 Å². The lowest BCUT2D eigenvalue weighted by Gasteiger charge is -2.30. The van der Waals surface area contributed by atoms with Gasteiger partial charge in [0.15, 0.2) is 0 Å². The Hall–Kier alpha value is -0.480. The number of amides is 1. The minimum absolute atomic E-state index is 0. The van der Waals surface area contributed by atoms with Crippen molar-refractivity contribution in [3.8, 4) is 0 Å². The molecule has 6 heteroatoms. The number of hydrogen-bond acceptors (Lipinski definition) is 2. The molecule has 0 radical (unpaired) electrons. The lowest BCUT2D eigenvalue weighted by molar-refractivity contribution is -0.122. The summed E-state index contributed by atoms with van der Waals surface area (Å²) in [6, 6.07) is 5.96. The number of carbonyl (C=O) groups is 1. The molecule has 2 rings (SSSR count). The van der Waals surface area contributed by atoms with Crippen LogP contribution in [0.5, 0.6) is 0 Å². The first-order chi connectivity index (χ1) is 9.56. The van der Waals surface area contributed by atoms with Gasteiger partial charge in [-0.15, -0.1) is 12.4 Å². The Morgan fingerprint density at radius 2 is 2.19 bits per heavy atom. The molecular formula is C15H21Cl3N2O. The molecule has 0 aromatic heterocycles. The first-order valence-corrected chi connectivity index (χ1v) is 7.78. The van der Waals surface area contributed by atoms with Gasteiger partial charge in [-0.05, 0) is 50.4 Å². The molecule has 1 amide bonds. The maximum atomic E-state index is 12.0. The van der Waals surface area contributed by atoms with Gasteiger partial charge >= 0.3 is 0 Å². The number of halogens is 3. The third kappa shape index (κ3) is 5.67. The molecule has 2 unspecified atom stereocenters. The normalized spacial score (nSPS) is 21.5. The fourth-order valence-electron chi connectivity index (χ4n) is 2.49. The Morgan fingerprint density at radius 3 is 2.86 bits per heavy atom. The minimum Gasteiger partial charge on any atom is -0.352 e. The Bertz CT molecular complexity index is 482. The van der Waals surface area contributed by atoms with Crippen molar-refractivity contribution in [2.45, 2.75) is 44.7 Å². The van der Waals surface area contributed by atoms with Crippen molar-refractivity contribution in [3.05, 3.63) is 33.8 Å². The second-order valence-electron chi connectivity index (χ2n) is 5.29.